The number of β-lactam (4-membered cyclic amide) rings is 1. The molecule has 2 heterocycles. The summed E-state index contributed by atoms with van der Waals surface area (Å²) in [5.41, 5.74) is 0. The maximum Gasteiger partial charge on any atom is 0.315 e. The van der Waals surface area contributed by atoms with E-state index < -0.39 is 0 Å². The number of thioether (sulfide) groups is 1. The molecule has 5 nitrogen and oxygen atoms in total. The van der Waals surface area contributed by atoms with Crippen LogP contribution in [-0.2, 0) is 19.1 Å². The van der Waals surface area contributed by atoms with Crippen molar-refractivity contribution in [1.29, 1.82) is 0 Å². The molecule has 0 radical (unpaired) electrons. The Balaban J connectivity index is 1.69. The van der Waals surface area contributed by atoms with Crippen LogP contribution in [0.1, 0.15) is 6.42 Å². The Hall–Kier alpha value is -1.17. The van der Waals surface area contributed by atoms with E-state index in [1.165, 1.54) is 18.9 Å². The molecule has 0 N–H and O–H groups in total. The maximum absolute atomic E-state index is 11.1. The second-order valence-electron chi connectivity index (χ2n) is 3.56. The van der Waals surface area contributed by atoms with Gasteiger partial charge in [-0.05, 0) is 6.08 Å². The molecule has 6 heteroatoms. The number of hydrogen-bond acceptors (Lipinski definition) is 5. The SMILES string of the molecule is COC(=O)CSCC=C1CN2C(=O)C[C@H]2O1. The Morgan fingerprint density at radius 2 is 2.56 bits per heavy atom. The number of carbonyl (C=O) groups is 2. The molecule has 0 aromatic carbocycles. The van der Waals surface area contributed by atoms with E-state index >= 15 is 0 Å². The molecular weight excluding hydrogens is 230 g/mol. The zero-order valence-corrected chi connectivity index (χ0v) is 9.79. The summed E-state index contributed by atoms with van der Waals surface area (Å²) in [7, 11) is 1.37. The standard InChI is InChI=1S/C10H13NO4S/c1-14-10(13)6-16-3-2-7-5-11-8(12)4-9(11)15-7/h2,9H,3-6H2,1H3/t9-/m1/s1. The van der Waals surface area contributed by atoms with Crippen molar-refractivity contribution in [2.45, 2.75) is 12.6 Å². The van der Waals surface area contributed by atoms with Crippen LogP contribution in [0.25, 0.3) is 0 Å². The number of rotatable bonds is 4. The topological polar surface area (TPSA) is 55.8 Å². The van der Waals surface area contributed by atoms with Crippen LogP contribution < -0.4 is 0 Å². The van der Waals surface area contributed by atoms with Crippen LogP contribution >= 0.6 is 11.8 Å². The zero-order chi connectivity index (χ0) is 11.5. The molecular formula is C10H13NO4S. The van der Waals surface area contributed by atoms with Crippen LogP contribution in [0.5, 0.6) is 0 Å². The molecule has 16 heavy (non-hydrogen) atoms. The number of amides is 1. The first-order chi connectivity index (χ1) is 7.70. The second kappa shape index (κ2) is 4.78. The van der Waals surface area contributed by atoms with Crippen molar-refractivity contribution in [1.82, 2.24) is 4.90 Å². The van der Waals surface area contributed by atoms with Gasteiger partial charge >= 0.3 is 5.97 Å². The normalized spacial score (nSPS) is 25.1. The molecule has 0 aromatic rings. The van der Waals surface area contributed by atoms with Gasteiger partial charge in [0.15, 0.2) is 6.23 Å². The van der Waals surface area contributed by atoms with Crippen LogP contribution in [0.3, 0.4) is 0 Å². The van der Waals surface area contributed by atoms with Crippen molar-refractivity contribution in [3.8, 4) is 0 Å². The van der Waals surface area contributed by atoms with Gasteiger partial charge in [0.25, 0.3) is 0 Å². The predicted molar refractivity (Wildman–Crippen MR) is 58.6 cm³/mol. The fourth-order valence-corrected chi connectivity index (χ4v) is 2.27. The molecule has 2 saturated heterocycles. The highest BCUT2D eigenvalue weighted by atomic mass is 32.2. The van der Waals surface area contributed by atoms with E-state index in [4.69, 9.17) is 4.74 Å². The van der Waals surface area contributed by atoms with Crippen molar-refractivity contribution in [3.63, 3.8) is 0 Å². The zero-order valence-electron chi connectivity index (χ0n) is 8.97. The number of esters is 1. The van der Waals surface area contributed by atoms with Gasteiger partial charge in [-0.2, -0.15) is 0 Å². The number of carbonyl (C=O) groups excluding carboxylic acids is 2. The highest BCUT2D eigenvalue weighted by Crippen LogP contribution is 2.30. The number of methoxy groups -OCH3 is 1. The first-order valence-electron chi connectivity index (χ1n) is 5.00. The van der Waals surface area contributed by atoms with Crippen LogP contribution in [-0.4, -0.2) is 48.2 Å². The van der Waals surface area contributed by atoms with E-state index in [9.17, 15) is 9.59 Å². The van der Waals surface area contributed by atoms with Crippen LogP contribution in [0.4, 0.5) is 0 Å². The Kier molecular flexibility index (Phi) is 3.38. The highest BCUT2D eigenvalue weighted by Gasteiger charge is 2.43. The lowest BCUT2D eigenvalue weighted by Gasteiger charge is -2.30. The lowest BCUT2D eigenvalue weighted by atomic mass is 10.2. The third-order valence-corrected chi connectivity index (χ3v) is 3.35. The van der Waals surface area contributed by atoms with E-state index in [2.05, 4.69) is 4.74 Å². The van der Waals surface area contributed by atoms with Crippen molar-refractivity contribution in [3.05, 3.63) is 11.8 Å². The minimum atomic E-state index is -0.227. The van der Waals surface area contributed by atoms with E-state index in [0.29, 0.717) is 24.5 Å². The molecule has 88 valence electrons. The summed E-state index contributed by atoms with van der Waals surface area (Å²) < 4.78 is 10.0. The molecule has 1 amide bonds. The van der Waals surface area contributed by atoms with Gasteiger partial charge in [0.05, 0.1) is 25.8 Å². The molecule has 2 rings (SSSR count). The minimum absolute atomic E-state index is 0.0376. The summed E-state index contributed by atoms with van der Waals surface area (Å²) >= 11 is 1.46. The van der Waals surface area contributed by atoms with Gasteiger partial charge in [-0.15, -0.1) is 11.8 Å². The van der Waals surface area contributed by atoms with Crippen LogP contribution in [0.15, 0.2) is 11.8 Å². The van der Waals surface area contributed by atoms with Gasteiger partial charge < -0.3 is 9.47 Å². The molecule has 0 unspecified atom stereocenters. The third-order valence-electron chi connectivity index (χ3n) is 2.51. The molecule has 0 spiro atoms. The van der Waals surface area contributed by atoms with E-state index in [1.54, 1.807) is 4.90 Å². The van der Waals surface area contributed by atoms with Gasteiger partial charge in [-0.3, -0.25) is 14.5 Å². The third kappa shape index (κ3) is 2.32. The average molecular weight is 243 g/mol. The van der Waals surface area contributed by atoms with Crippen molar-refractivity contribution >= 4 is 23.6 Å². The smallest absolute Gasteiger partial charge is 0.315 e. The highest BCUT2D eigenvalue weighted by molar-refractivity contribution is 8.00. The van der Waals surface area contributed by atoms with Crippen LogP contribution in [0.2, 0.25) is 0 Å². The predicted octanol–water partition coefficient (Wildman–Crippen LogP) is 0.365. The van der Waals surface area contributed by atoms with Crippen molar-refractivity contribution in [2.24, 2.45) is 0 Å². The quantitative estimate of drug-likeness (QED) is 0.405. The Morgan fingerprint density at radius 1 is 1.75 bits per heavy atom. The Bertz CT molecular complexity index is 342. The average Bonchev–Trinajstić information content (AvgIpc) is 2.61. The van der Waals surface area contributed by atoms with Gasteiger partial charge in [0.1, 0.15) is 5.76 Å². The summed E-state index contributed by atoms with van der Waals surface area (Å²) in [4.78, 5) is 23.6. The number of nitrogens with zero attached hydrogens (tertiary/aromatic N) is 1. The van der Waals surface area contributed by atoms with Gasteiger partial charge in [-0.1, -0.05) is 0 Å². The molecule has 0 saturated carbocycles. The fourth-order valence-electron chi connectivity index (χ4n) is 1.57. The van der Waals surface area contributed by atoms with Gasteiger partial charge in [-0.25, -0.2) is 0 Å². The fraction of sp³-hybridized carbons (Fsp3) is 0.600. The first kappa shape index (κ1) is 11.3. The number of hydrogen-bond donors (Lipinski definition) is 0. The monoisotopic (exact) mass is 243 g/mol. The number of ether oxygens (including phenoxy) is 2. The van der Waals surface area contributed by atoms with Gasteiger partial charge in [0, 0.05) is 5.75 Å². The Morgan fingerprint density at radius 3 is 3.19 bits per heavy atom. The van der Waals surface area contributed by atoms with Crippen molar-refractivity contribution in [2.75, 3.05) is 25.2 Å². The molecule has 0 aromatic heterocycles. The molecule has 2 fully saturated rings. The molecule has 0 bridgehead atoms. The summed E-state index contributed by atoms with van der Waals surface area (Å²) in [6.07, 6.45) is 2.37. The lowest BCUT2D eigenvalue weighted by molar-refractivity contribution is -0.154. The van der Waals surface area contributed by atoms with Crippen molar-refractivity contribution < 1.29 is 19.1 Å². The Labute approximate surface area is 97.8 Å². The summed E-state index contributed by atoms with van der Waals surface area (Å²) in [6.45, 7) is 0.572. The summed E-state index contributed by atoms with van der Waals surface area (Å²) in [5.74, 6) is 1.78. The second-order valence-corrected chi connectivity index (χ2v) is 4.59. The van der Waals surface area contributed by atoms with Gasteiger partial charge in [0.2, 0.25) is 5.91 Å². The lowest BCUT2D eigenvalue weighted by Crippen LogP contribution is -2.48. The minimum Gasteiger partial charge on any atom is -0.473 e. The van der Waals surface area contributed by atoms with E-state index in [0.717, 1.165) is 5.76 Å². The number of fused-ring (bicyclic) bond motifs is 1. The summed E-state index contributed by atoms with van der Waals surface area (Å²) in [5, 5.41) is 0. The summed E-state index contributed by atoms with van der Waals surface area (Å²) in [6, 6.07) is 0. The first-order valence-corrected chi connectivity index (χ1v) is 6.16. The molecule has 2 aliphatic rings. The largest absolute Gasteiger partial charge is 0.473 e. The molecule has 2 aliphatic heterocycles. The van der Waals surface area contributed by atoms with E-state index in [-0.39, 0.29) is 18.1 Å². The van der Waals surface area contributed by atoms with E-state index in [1.807, 2.05) is 6.08 Å². The maximum atomic E-state index is 11.1. The molecule has 0 aliphatic carbocycles. The molecule has 1 atom stereocenters. The van der Waals surface area contributed by atoms with Crippen LogP contribution in [0, 0.1) is 0 Å².